The lowest BCUT2D eigenvalue weighted by Crippen LogP contribution is -2.65. The molecule has 0 aromatic carbocycles. The minimum absolute atomic E-state index is 0.137. The number of hydrogen-bond acceptors (Lipinski definition) is 11. The zero-order chi connectivity index (χ0) is 31.0. The molecule has 40 heavy (non-hydrogen) atoms. The molecule has 3 amide bonds. The number of carbonyl (C=O) groups excluding carboxylic acids is 3. The second-order valence-corrected chi connectivity index (χ2v) is 11.2. The summed E-state index contributed by atoms with van der Waals surface area (Å²) in [6.07, 6.45) is -8.49. The topological polar surface area (TPSA) is 236 Å². The van der Waals surface area contributed by atoms with Gasteiger partial charge in [-0.25, -0.2) is 24.4 Å². The Morgan fingerprint density at radius 1 is 1.07 bits per heavy atom. The molecule has 0 saturated carbocycles. The van der Waals surface area contributed by atoms with Crippen molar-refractivity contribution in [2.24, 2.45) is 11.5 Å². The number of carbonyl (C=O) groups is 5. The maximum atomic E-state index is 12.3. The van der Waals surface area contributed by atoms with E-state index in [1.165, 1.54) is 6.92 Å². The molecule has 1 aliphatic heterocycles. The molecule has 2 aromatic rings. The SMILES string of the molecule is Cc1nc(OC(=O)C(F)(F)F)sc1-c1nc(C(C)(C)C)sc1C(N)=O.NC(=O)[C@]1(C(=O)O)[C@@H](O)CCN1C(=O)O. The highest BCUT2D eigenvalue weighted by Crippen LogP contribution is 2.40. The van der Waals surface area contributed by atoms with Crippen molar-refractivity contribution in [1.82, 2.24) is 14.9 Å². The van der Waals surface area contributed by atoms with Crippen molar-refractivity contribution in [3.05, 3.63) is 15.6 Å². The van der Waals surface area contributed by atoms with E-state index >= 15 is 0 Å². The monoisotopic (exact) mass is 611 g/mol. The fourth-order valence-corrected chi connectivity index (χ4v) is 5.42. The number of alkyl halides is 3. The van der Waals surface area contributed by atoms with E-state index in [2.05, 4.69) is 14.7 Å². The second kappa shape index (κ2) is 11.3. The number of nitrogens with zero attached hydrogens (tertiary/aromatic N) is 3. The van der Waals surface area contributed by atoms with Crippen LogP contribution in [0, 0.1) is 6.92 Å². The van der Waals surface area contributed by atoms with E-state index in [0.717, 1.165) is 11.3 Å². The van der Waals surface area contributed by atoms with Crippen LogP contribution in [0.5, 0.6) is 5.19 Å². The largest absolute Gasteiger partial charge is 0.491 e. The Morgan fingerprint density at radius 2 is 1.65 bits per heavy atom. The quantitative estimate of drug-likeness (QED) is 0.240. The van der Waals surface area contributed by atoms with E-state index in [9.17, 15) is 42.3 Å². The first-order valence-electron chi connectivity index (χ1n) is 10.9. The Hall–Kier alpha value is -3.84. The molecular formula is C21H24F3N5O9S2. The minimum atomic E-state index is -5.13. The van der Waals surface area contributed by atoms with Crippen molar-refractivity contribution in [2.45, 2.75) is 57.3 Å². The van der Waals surface area contributed by atoms with Gasteiger partial charge in [-0.05, 0) is 13.3 Å². The maximum absolute atomic E-state index is 12.3. The first kappa shape index (κ1) is 32.4. The fourth-order valence-electron chi connectivity index (χ4n) is 3.46. The Balaban J connectivity index is 0.000000319. The van der Waals surface area contributed by atoms with Gasteiger partial charge in [-0.1, -0.05) is 32.1 Å². The number of hydrogen-bond donors (Lipinski definition) is 5. The van der Waals surface area contributed by atoms with Gasteiger partial charge in [-0.2, -0.15) is 13.2 Å². The van der Waals surface area contributed by atoms with Crippen molar-refractivity contribution in [3.8, 4) is 15.8 Å². The minimum Gasteiger partial charge on any atom is -0.479 e. The molecule has 2 aromatic heterocycles. The standard InChI is InChI=1S/C14H14F3N3O3S2.C7H10N2O6/c1-5-7(25-12(19-5)23-11(22)14(15,16)17)6-8(9(18)21)24-10(20-6)13(2,3)4;8-4(11)7(5(12)13)3(10)1-2-9(7)6(14)15/h1-4H3,(H2,18,21);3,10H,1-2H2,(H2,8,11)(H,12,13)(H,14,15)/t;3-,7-/m.0/s1. The molecule has 3 heterocycles. The van der Waals surface area contributed by atoms with Gasteiger partial charge in [0.25, 0.3) is 17.0 Å². The molecule has 19 heteroatoms. The van der Waals surface area contributed by atoms with Crippen LogP contribution in [0.4, 0.5) is 18.0 Å². The number of primary amides is 2. The number of carboxylic acid groups (broad SMARTS) is 2. The normalized spacial score (nSPS) is 19.0. The van der Waals surface area contributed by atoms with E-state index in [1.54, 1.807) is 0 Å². The van der Waals surface area contributed by atoms with E-state index in [0.29, 0.717) is 26.1 Å². The van der Waals surface area contributed by atoms with Crippen molar-refractivity contribution >= 4 is 52.5 Å². The Bertz CT molecular complexity index is 1340. The van der Waals surface area contributed by atoms with Crippen molar-refractivity contribution in [1.29, 1.82) is 0 Å². The molecule has 0 radical (unpaired) electrons. The summed E-state index contributed by atoms with van der Waals surface area (Å²) in [5, 5.41) is 27.1. The number of ether oxygens (including phenoxy) is 1. The van der Waals surface area contributed by atoms with E-state index < -0.39 is 52.9 Å². The number of rotatable bonds is 5. The van der Waals surface area contributed by atoms with Crippen LogP contribution in [0.25, 0.3) is 10.6 Å². The number of amides is 3. The van der Waals surface area contributed by atoms with Gasteiger partial charge in [0.05, 0.1) is 21.7 Å². The number of thiazole rings is 2. The van der Waals surface area contributed by atoms with Crippen LogP contribution in [0.15, 0.2) is 0 Å². The highest BCUT2D eigenvalue weighted by molar-refractivity contribution is 7.18. The number of aromatic nitrogens is 2. The number of carboxylic acids is 1. The highest BCUT2D eigenvalue weighted by atomic mass is 32.1. The number of aliphatic hydroxyl groups excluding tert-OH is 1. The van der Waals surface area contributed by atoms with Crippen LogP contribution in [0.2, 0.25) is 0 Å². The van der Waals surface area contributed by atoms with Gasteiger partial charge >= 0.3 is 24.2 Å². The first-order valence-corrected chi connectivity index (χ1v) is 12.6. The molecule has 0 bridgehead atoms. The third-order valence-electron chi connectivity index (χ3n) is 5.36. The number of likely N-dealkylation sites (tertiary alicyclic amines) is 1. The van der Waals surface area contributed by atoms with Crippen LogP contribution in [-0.2, 0) is 19.8 Å². The average molecular weight is 612 g/mol. The summed E-state index contributed by atoms with van der Waals surface area (Å²) >= 11 is 1.81. The van der Waals surface area contributed by atoms with Crippen LogP contribution in [-0.4, -0.2) is 84.4 Å². The number of aliphatic hydroxyl groups is 1. The summed E-state index contributed by atoms with van der Waals surface area (Å²) in [6.45, 7) is 6.97. The van der Waals surface area contributed by atoms with Crippen LogP contribution in [0.3, 0.4) is 0 Å². The summed E-state index contributed by atoms with van der Waals surface area (Å²) in [4.78, 5) is 64.4. The Labute approximate surface area is 231 Å². The first-order chi connectivity index (χ1) is 18.1. The molecule has 1 aliphatic rings. The average Bonchev–Trinajstić information content (AvgIpc) is 3.48. The molecule has 14 nitrogen and oxygen atoms in total. The summed E-state index contributed by atoms with van der Waals surface area (Å²) < 4.78 is 41.1. The molecule has 1 fully saturated rings. The van der Waals surface area contributed by atoms with Gasteiger partial charge in [0.2, 0.25) is 5.54 Å². The van der Waals surface area contributed by atoms with Gasteiger partial charge in [-0.3, -0.25) is 14.5 Å². The summed E-state index contributed by atoms with van der Waals surface area (Å²) in [5.41, 5.74) is 7.85. The molecule has 0 aliphatic carbocycles. The second-order valence-electron chi connectivity index (χ2n) is 9.27. The van der Waals surface area contributed by atoms with Crippen molar-refractivity contribution in [3.63, 3.8) is 0 Å². The van der Waals surface area contributed by atoms with Gasteiger partial charge in [0.1, 0.15) is 10.6 Å². The molecule has 0 unspecified atom stereocenters. The molecular weight excluding hydrogens is 587 g/mol. The third kappa shape index (κ3) is 6.31. The van der Waals surface area contributed by atoms with Crippen molar-refractivity contribution in [2.75, 3.05) is 6.54 Å². The third-order valence-corrected chi connectivity index (χ3v) is 7.90. The molecule has 7 N–H and O–H groups in total. The predicted molar refractivity (Wildman–Crippen MR) is 132 cm³/mol. The zero-order valence-corrected chi connectivity index (χ0v) is 22.9. The lowest BCUT2D eigenvalue weighted by atomic mass is 9.92. The fraction of sp³-hybridized carbons (Fsp3) is 0.476. The van der Waals surface area contributed by atoms with Crippen LogP contribution >= 0.6 is 22.7 Å². The number of nitrogens with two attached hydrogens (primary N) is 2. The van der Waals surface area contributed by atoms with Crippen molar-refractivity contribution < 1.29 is 57.2 Å². The summed E-state index contributed by atoms with van der Waals surface area (Å²) in [6, 6.07) is 0. The number of esters is 1. The Kier molecular flexibility index (Phi) is 9.17. The molecule has 2 atom stereocenters. The maximum Gasteiger partial charge on any atom is 0.491 e. The van der Waals surface area contributed by atoms with Gasteiger partial charge < -0.3 is 31.5 Å². The number of aliphatic carboxylic acids is 1. The lowest BCUT2D eigenvalue weighted by molar-refractivity contribution is -0.189. The van der Waals surface area contributed by atoms with Gasteiger partial charge in [-0.15, -0.1) is 11.3 Å². The van der Waals surface area contributed by atoms with Crippen LogP contribution in [0.1, 0.15) is 47.6 Å². The number of aryl methyl sites for hydroxylation is 1. The molecule has 1 saturated heterocycles. The molecule has 0 spiro atoms. The van der Waals surface area contributed by atoms with E-state index in [4.69, 9.17) is 21.7 Å². The highest BCUT2D eigenvalue weighted by Gasteiger charge is 2.61. The number of halogens is 3. The smallest absolute Gasteiger partial charge is 0.479 e. The lowest BCUT2D eigenvalue weighted by Gasteiger charge is -2.31. The van der Waals surface area contributed by atoms with E-state index in [-0.39, 0.29) is 34.6 Å². The van der Waals surface area contributed by atoms with Crippen LogP contribution < -0.4 is 16.2 Å². The zero-order valence-electron chi connectivity index (χ0n) is 21.2. The van der Waals surface area contributed by atoms with E-state index in [1.807, 2.05) is 20.8 Å². The molecule has 3 rings (SSSR count). The van der Waals surface area contributed by atoms with Gasteiger partial charge in [0, 0.05) is 12.0 Å². The summed E-state index contributed by atoms with van der Waals surface area (Å²) in [5.74, 6) is -6.22. The summed E-state index contributed by atoms with van der Waals surface area (Å²) in [7, 11) is 0. The predicted octanol–water partition coefficient (Wildman–Crippen LogP) is 1.48. The molecule has 220 valence electrons. The Morgan fingerprint density at radius 3 is 2.05 bits per heavy atom. The van der Waals surface area contributed by atoms with Gasteiger partial charge in [0.15, 0.2) is 0 Å².